The first kappa shape index (κ1) is 22.1. The number of hydrogen-bond acceptors (Lipinski definition) is 4. The molecule has 1 saturated heterocycles. The van der Waals surface area contributed by atoms with Gasteiger partial charge in [0.1, 0.15) is 5.82 Å². The van der Waals surface area contributed by atoms with E-state index in [0.717, 1.165) is 43.4 Å². The average molecular weight is 517 g/mol. The molecule has 1 aliphatic rings. The molecule has 0 spiro atoms. The molecule has 3 heterocycles. The summed E-state index contributed by atoms with van der Waals surface area (Å²) in [7, 11) is 1.82. The van der Waals surface area contributed by atoms with Crippen LogP contribution in [0, 0.1) is 0 Å². The Hall–Kier alpha value is -2.62. The van der Waals surface area contributed by atoms with E-state index in [2.05, 4.69) is 60.9 Å². The zero-order valence-corrected chi connectivity index (χ0v) is 19.4. The van der Waals surface area contributed by atoms with E-state index in [0.29, 0.717) is 12.6 Å². The maximum Gasteiger partial charge on any atom is 0.191 e. The van der Waals surface area contributed by atoms with Crippen LogP contribution in [0.4, 0.5) is 5.82 Å². The van der Waals surface area contributed by atoms with Gasteiger partial charge in [-0.1, -0.05) is 18.2 Å². The third kappa shape index (κ3) is 5.71. The molecule has 158 valence electrons. The van der Waals surface area contributed by atoms with Crippen LogP contribution < -0.4 is 15.5 Å². The lowest BCUT2D eigenvalue weighted by atomic mass is 10.1. The lowest BCUT2D eigenvalue weighted by Gasteiger charge is -2.33. The van der Waals surface area contributed by atoms with Gasteiger partial charge < -0.3 is 15.5 Å². The Morgan fingerprint density at radius 2 is 1.97 bits per heavy atom. The Balaban J connectivity index is 0.00000256. The van der Waals surface area contributed by atoms with Crippen molar-refractivity contribution in [2.24, 2.45) is 4.99 Å². The van der Waals surface area contributed by atoms with E-state index in [1.165, 1.54) is 5.56 Å². The van der Waals surface area contributed by atoms with Gasteiger partial charge in [0, 0.05) is 51.3 Å². The zero-order chi connectivity index (χ0) is 19.9. The first-order valence-corrected chi connectivity index (χ1v) is 10.0. The van der Waals surface area contributed by atoms with Crippen molar-refractivity contribution in [2.75, 3.05) is 25.0 Å². The fourth-order valence-electron chi connectivity index (χ4n) is 3.60. The predicted molar refractivity (Wildman–Crippen MR) is 132 cm³/mol. The average Bonchev–Trinajstić information content (AvgIpc) is 3.33. The van der Waals surface area contributed by atoms with Crippen molar-refractivity contribution in [1.29, 1.82) is 0 Å². The van der Waals surface area contributed by atoms with Crippen LogP contribution in [0.15, 0.2) is 72.1 Å². The van der Waals surface area contributed by atoms with Crippen LogP contribution in [-0.4, -0.2) is 46.9 Å². The number of guanidine groups is 1. The fraction of sp³-hybridized carbons (Fsp3) is 0.318. The molecule has 0 radical (unpaired) electrons. The van der Waals surface area contributed by atoms with Crippen LogP contribution in [0.2, 0.25) is 0 Å². The molecule has 0 unspecified atom stereocenters. The summed E-state index contributed by atoms with van der Waals surface area (Å²) in [6, 6.07) is 16.8. The first-order chi connectivity index (χ1) is 14.3. The summed E-state index contributed by atoms with van der Waals surface area (Å²) in [6.45, 7) is 2.71. The monoisotopic (exact) mass is 517 g/mol. The van der Waals surface area contributed by atoms with E-state index in [1.807, 2.05) is 42.3 Å². The van der Waals surface area contributed by atoms with E-state index < -0.39 is 0 Å². The molecular formula is C22H28IN7. The van der Waals surface area contributed by atoms with Gasteiger partial charge in [-0.3, -0.25) is 4.99 Å². The molecule has 0 atom stereocenters. The summed E-state index contributed by atoms with van der Waals surface area (Å²) >= 11 is 0. The van der Waals surface area contributed by atoms with E-state index in [-0.39, 0.29) is 24.0 Å². The molecule has 1 aromatic carbocycles. The highest BCUT2D eigenvalue weighted by molar-refractivity contribution is 14.0. The molecule has 8 heteroatoms. The first-order valence-electron chi connectivity index (χ1n) is 10.0. The third-order valence-corrected chi connectivity index (χ3v) is 5.17. The van der Waals surface area contributed by atoms with Crippen LogP contribution in [0.5, 0.6) is 0 Å². The van der Waals surface area contributed by atoms with Gasteiger partial charge in [0.15, 0.2) is 5.96 Å². The second-order valence-corrected chi connectivity index (χ2v) is 7.14. The molecular weight excluding hydrogens is 489 g/mol. The number of nitrogens with one attached hydrogen (secondary N) is 2. The molecule has 0 bridgehead atoms. The summed E-state index contributed by atoms with van der Waals surface area (Å²) in [6.07, 6.45) is 7.71. The van der Waals surface area contributed by atoms with Crippen molar-refractivity contribution in [3.63, 3.8) is 0 Å². The van der Waals surface area contributed by atoms with Gasteiger partial charge in [0.05, 0.1) is 5.69 Å². The van der Waals surface area contributed by atoms with Crippen molar-refractivity contribution in [3.8, 4) is 5.69 Å². The number of nitrogens with zero attached hydrogens (tertiary/aromatic N) is 5. The van der Waals surface area contributed by atoms with Crippen LogP contribution in [0.3, 0.4) is 0 Å². The Kier molecular flexibility index (Phi) is 8.06. The topological polar surface area (TPSA) is 70.4 Å². The van der Waals surface area contributed by atoms with Gasteiger partial charge in [-0.05, 0) is 48.7 Å². The molecule has 1 aliphatic heterocycles. The van der Waals surface area contributed by atoms with E-state index in [1.54, 1.807) is 6.20 Å². The summed E-state index contributed by atoms with van der Waals surface area (Å²) < 4.78 is 1.87. The Morgan fingerprint density at radius 1 is 1.10 bits per heavy atom. The number of halogens is 1. The van der Waals surface area contributed by atoms with Crippen LogP contribution in [0.1, 0.15) is 18.4 Å². The number of pyridine rings is 1. The van der Waals surface area contributed by atoms with Gasteiger partial charge in [-0.25, -0.2) is 9.67 Å². The second-order valence-electron chi connectivity index (χ2n) is 7.14. The van der Waals surface area contributed by atoms with Crippen molar-refractivity contribution in [3.05, 3.63) is 72.7 Å². The van der Waals surface area contributed by atoms with Gasteiger partial charge in [0.25, 0.3) is 0 Å². The van der Waals surface area contributed by atoms with E-state index in [9.17, 15) is 0 Å². The van der Waals surface area contributed by atoms with Crippen LogP contribution in [0.25, 0.3) is 5.69 Å². The molecule has 0 amide bonds. The van der Waals surface area contributed by atoms with Crippen molar-refractivity contribution >= 4 is 35.8 Å². The van der Waals surface area contributed by atoms with Gasteiger partial charge in [-0.15, -0.1) is 24.0 Å². The molecule has 1 fully saturated rings. The summed E-state index contributed by atoms with van der Waals surface area (Å²) in [4.78, 5) is 11.2. The summed E-state index contributed by atoms with van der Waals surface area (Å²) in [5.41, 5.74) is 2.24. The minimum Gasteiger partial charge on any atom is -0.356 e. The minimum absolute atomic E-state index is 0. The minimum atomic E-state index is 0. The smallest absolute Gasteiger partial charge is 0.191 e. The third-order valence-electron chi connectivity index (χ3n) is 5.17. The lowest BCUT2D eigenvalue weighted by Crippen LogP contribution is -2.48. The molecule has 30 heavy (non-hydrogen) atoms. The highest BCUT2D eigenvalue weighted by Crippen LogP contribution is 2.17. The Labute approximate surface area is 194 Å². The number of hydrogen-bond donors (Lipinski definition) is 2. The number of benzene rings is 1. The molecule has 7 nitrogen and oxygen atoms in total. The maximum absolute atomic E-state index is 4.46. The molecule has 0 aliphatic carbocycles. The zero-order valence-electron chi connectivity index (χ0n) is 17.1. The SMILES string of the molecule is CN=C(NCc1cccc(-n2cccn2)c1)NC1CCN(c2ccccn2)CC1.I. The maximum atomic E-state index is 4.46. The second kappa shape index (κ2) is 11.0. The van der Waals surface area contributed by atoms with Crippen molar-refractivity contribution < 1.29 is 0 Å². The molecule has 2 N–H and O–H groups in total. The quantitative estimate of drug-likeness (QED) is 0.309. The van der Waals surface area contributed by atoms with E-state index in [4.69, 9.17) is 0 Å². The van der Waals surface area contributed by atoms with Crippen molar-refractivity contribution in [1.82, 2.24) is 25.4 Å². The Bertz CT molecular complexity index is 920. The molecule has 2 aromatic heterocycles. The molecule has 4 rings (SSSR count). The standard InChI is InChI=1S/C22H27N7.HI/c1-23-22(25-17-18-6-4-7-20(16-18)29-13-5-12-26-29)27-19-9-14-28(15-10-19)21-8-2-3-11-24-21;/h2-8,11-13,16,19H,9-10,14-15,17H2,1H3,(H2,23,25,27);1H. The largest absolute Gasteiger partial charge is 0.356 e. The predicted octanol–water partition coefficient (Wildman–Crippen LogP) is 3.22. The normalized spacial score (nSPS) is 14.8. The van der Waals surface area contributed by atoms with Crippen LogP contribution in [-0.2, 0) is 6.54 Å². The summed E-state index contributed by atoms with van der Waals surface area (Å²) in [5, 5.41) is 11.3. The number of aromatic nitrogens is 3. The molecule has 3 aromatic rings. The van der Waals surface area contributed by atoms with Gasteiger partial charge >= 0.3 is 0 Å². The number of piperidine rings is 1. The molecule has 0 saturated carbocycles. The van der Waals surface area contributed by atoms with Crippen molar-refractivity contribution in [2.45, 2.75) is 25.4 Å². The summed E-state index contributed by atoms with van der Waals surface area (Å²) in [5.74, 6) is 1.90. The number of aliphatic imine (C=N–C) groups is 1. The van der Waals surface area contributed by atoms with Crippen LogP contribution >= 0.6 is 24.0 Å². The lowest BCUT2D eigenvalue weighted by molar-refractivity contribution is 0.459. The highest BCUT2D eigenvalue weighted by atomic mass is 127. The number of rotatable bonds is 5. The van der Waals surface area contributed by atoms with E-state index >= 15 is 0 Å². The Morgan fingerprint density at radius 3 is 2.67 bits per heavy atom. The fourth-order valence-corrected chi connectivity index (χ4v) is 3.60. The number of anilines is 1. The highest BCUT2D eigenvalue weighted by Gasteiger charge is 2.20. The van der Waals surface area contributed by atoms with Gasteiger partial charge in [0.2, 0.25) is 0 Å². The van der Waals surface area contributed by atoms with Gasteiger partial charge in [-0.2, -0.15) is 5.10 Å².